The smallest absolute Gasteiger partial charge is 0.356 e. The van der Waals surface area contributed by atoms with E-state index in [1.807, 2.05) is 22.8 Å². The van der Waals surface area contributed by atoms with Gasteiger partial charge in [-0.25, -0.2) is 9.78 Å². The minimum absolute atomic E-state index is 0. The van der Waals surface area contributed by atoms with Crippen LogP contribution in [0.15, 0.2) is 55.0 Å². The number of aromatic nitrogens is 2. The van der Waals surface area contributed by atoms with Crippen LogP contribution < -0.4 is 0 Å². The second-order valence-electron chi connectivity index (χ2n) is 4.92. The molecule has 22 heavy (non-hydrogen) atoms. The van der Waals surface area contributed by atoms with Gasteiger partial charge in [-0.15, -0.1) is 12.4 Å². The molecule has 0 spiro atoms. The van der Waals surface area contributed by atoms with Gasteiger partial charge in [0.15, 0.2) is 0 Å². The third kappa shape index (κ3) is 2.70. The van der Waals surface area contributed by atoms with E-state index in [1.165, 1.54) is 24.1 Å². The topological polar surface area (TPSA) is 44.1 Å². The van der Waals surface area contributed by atoms with Crippen LogP contribution in [0.4, 0.5) is 0 Å². The van der Waals surface area contributed by atoms with Crippen LogP contribution in [0.1, 0.15) is 29.0 Å². The van der Waals surface area contributed by atoms with Gasteiger partial charge in [0.2, 0.25) is 0 Å². The van der Waals surface area contributed by atoms with Gasteiger partial charge in [-0.1, -0.05) is 42.5 Å². The average molecular weight is 317 g/mol. The Morgan fingerprint density at radius 3 is 2.68 bits per heavy atom. The van der Waals surface area contributed by atoms with Crippen molar-refractivity contribution >= 4 is 29.1 Å². The fraction of sp³-hybridized carbons (Fsp3) is 0.176. The molecule has 0 saturated heterocycles. The molecule has 1 aromatic heterocycles. The zero-order valence-electron chi connectivity index (χ0n) is 12.4. The molecule has 0 radical (unpaired) electrons. The molecule has 114 valence electrons. The fourth-order valence-corrected chi connectivity index (χ4v) is 2.64. The summed E-state index contributed by atoms with van der Waals surface area (Å²) in [5.74, 6) is -0.375. The van der Waals surface area contributed by atoms with Crippen LogP contribution in [-0.2, 0) is 4.74 Å². The Hall–Kier alpha value is -2.33. The van der Waals surface area contributed by atoms with Gasteiger partial charge in [0.1, 0.15) is 5.69 Å². The molecule has 0 saturated carbocycles. The van der Waals surface area contributed by atoms with Crippen molar-refractivity contribution in [3.63, 3.8) is 0 Å². The van der Waals surface area contributed by atoms with Gasteiger partial charge in [-0.05, 0) is 23.3 Å². The van der Waals surface area contributed by atoms with Crippen molar-refractivity contribution in [3.8, 4) is 0 Å². The molecule has 0 amide bonds. The first-order chi connectivity index (χ1) is 10.2. The molecule has 3 aromatic rings. The third-order valence-electron chi connectivity index (χ3n) is 3.75. The number of carbonyl (C=O) groups is 1. The maximum atomic E-state index is 11.8. The van der Waals surface area contributed by atoms with Crippen molar-refractivity contribution in [2.75, 3.05) is 7.11 Å². The molecule has 4 nitrogen and oxygen atoms in total. The largest absolute Gasteiger partial charge is 0.464 e. The highest BCUT2D eigenvalue weighted by Gasteiger charge is 2.18. The monoisotopic (exact) mass is 316 g/mol. The molecule has 0 fully saturated rings. The summed E-state index contributed by atoms with van der Waals surface area (Å²) < 4.78 is 6.65. The van der Waals surface area contributed by atoms with E-state index in [4.69, 9.17) is 4.74 Å². The number of carbonyl (C=O) groups excluding carboxylic acids is 1. The Labute approximate surface area is 135 Å². The molecule has 2 aromatic carbocycles. The molecule has 3 rings (SSSR count). The minimum Gasteiger partial charge on any atom is -0.464 e. The summed E-state index contributed by atoms with van der Waals surface area (Å²) in [7, 11) is 1.38. The van der Waals surface area contributed by atoms with Gasteiger partial charge in [-0.2, -0.15) is 0 Å². The molecule has 0 N–H and O–H groups in total. The number of nitrogens with zero attached hydrogens (tertiary/aromatic N) is 2. The lowest BCUT2D eigenvalue weighted by Gasteiger charge is -2.18. The van der Waals surface area contributed by atoms with E-state index in [2.05, 4.69) is 36.2 Å². The standard InChI is InChI=1S/C17H16N2O2.ClH/c1-12(19-11-18-10-16(19)17(20)21-2)14-9-5-7-13-6-3-4-8-15(13)14;/h3-12H,1-2H3;1H. The predicted octanol–water partition coefficient (Wildman–Crippen LogP) is 3.85. The number of ether oxygens (including phenoxy) is 1. The van der Waals surface area contributed by atoms with Gasteiger partial charge in [-0.3, -0.25) is 0 Å². The lowest BCUT2D eigenvalue weighted by Crippen LogP contribution is -2.14. The predicted molar refractivity (Wildman–Crippen MR) is 88.6 cm³/mol. The van der Waals surface area contributed by atoms with Crippen LogP contribution >= 0.6 is 12.4 Å². The van der Waals surface area contributed by atoms with Crippen LogP contribution in [0.2, 0.25) is 0 Å². The van der Waals surface area contributed by atoms with E-state index in [1.54, 1.807) is 6.33 Å². The van der Waals surface area contributed by atoms with Crippen molar-refractivity contribution in [1.29, 1.82) is 0 Å². The molecule has 1 heterocycles. The first-order valence-corrected chi connectivity index (χ1v) is 6.80. The zero-order valence-corrected chi connectivity index (χ0v) is 13.2. The lowest BCUT2D eigenvalue weighted by molar-refractivity contribution is 0.0587. The first-order valence-electron chi connectivity index (χ1n) is 6.80. The minimum atomic E-state index is -0.375. The molecule has 0 bridgehead atoms. The van der Waals surface area contributed by atoms with E-state index >= 15 is 0 Å². The number of halogens is 1. The average Bonchev–Trinajstić information content (AvgIpc) is 3.02. The molecule has 0 aliphatic carbocycles. The number of rotatable bonds is 3. The normalized spacial score (nSPS) is 11.7. The number of benzene rings is 2. The maximum absolute atomic E-state index is 11.8. The summed E-state index contributed by atoms with van der Waals surface area (Å²) >= 11 is 0. The van der Waals surface area contributed by atoms with Crippen LogP contribution in [0.5, 0.6) is 0 Å². The van der Waals surface area contributed by atoms with Gasteiger partial charge in [0.25, 0.3) is 0 Å². The highest BCUT2D eigenvalue weighted by atomic mass is 35.5. The summed E-state index contributed by atoms with van der Waals surface area (Å²) in [5, 5.41) is 2.36. The number of hydrogen-bond donors (Lipinski definition) is 0. The van der Waals surface area contributed by atoms with Gasteiger partial charge >= 0.3 is 5.97 Å². The van der Waals surface area contributed by atoms with Crippen molar-refractivity contribution in [3.05, 3.63) is 66.2 Å². The fourth-order valence-electron chi connectivity index (χ4n) is 2.64. The second kappa shape index (κ2) is 6.62. The highest BCUT2D eigenvalue weighted by Crippen LogP contribution is 2.27. The molecule has 0 aliphatic rings. The Kier molecular flexibility index (Phi) is 4.83. The summed E-state index contributed by atoms with van der Waals surface area (Å²) in [5.41, 5.74) is 1.61. The van der Waals surface area contributed by atoms with E-state index in [0.717, 1.165) is 5.56 Å². The van der Waals surface area contributed by atoms with Gasteiger partial charge in [0, 0.05) is 0 Å². The highest BCUT2D eigenvalue weighted by molar-refractivity contribution is 5.88. The summed E-state index contributed by atoms with van der Waals surface area (Å²) in [6.45, 7) is 2.05. The third-order valence-corrected chi connectivity index (χ3v) is 3.75. The van der Waals surface area contributed by atoms with Crippen LogP contribution in [0.3, 0.4) is 0 Å². The quantitative estimate of drug-likeness (QED) is 0.689. The first kappa shape index (κ1) is 16.0. The SMILES string of the molecule is COC(=O)c1cncn1C(C)c1cccc2ccccc12.Cl. The molecule has 1 unspecified atom stereocenters. The zero-order chi connectivity index (χ0) is 14.8. The summed E-state index contributed by atoms with van der Waals surface area (Å²) in [6.07, 6.45) is 3.20. The van der Waals surface area contributed by atoms with Crippen molar-refractivity contribution in [2.24, 2.45) is 0 Å². The van der Waals surface area contributed by atoms with E-state index in [9.17, 15) is 4.79 Å². The molecular formula is C17H17ClN2O2. The van der Waals surface area contributed by atoms with E-state index < -0.39 is 0 Å². The maximum Gasteiger partial charge on any atom is 0.356 e. The lowest BCUT2D eigenvalue weighted by atomic mass is 9.99. The van der Waals surface area contributed by atoms with Crippen LogP contribution in [0.25, 0.3) is 10.8 Å². The number of methoxy groups -OCH3 is 1. The van der Waals surface area contributed by atoms with Crippen LogP contribution in [0, 0.1) is 0 Å². The van der Waals surface area contributed by atoms with Gasteiger partial charge in [0.05, 0.1) is 25.7 Å². The second-order valence-corrected chi connectivity index (χ2v) is 4.92. The Morgan fingerprint density at radius 2 is 1.91 bits per heavy atom. The number of fused-ring (bicyclic) bond motifs is 1. The molecular weight excluding hydrogens is 300 g/mol. The summed E-state index contributed by atoms with van der Waals surface area (Å²) in [6, 6.07) is 14.4. The Bertz CT molecular complexity index is 793. The van der Waals surface area contributed by atoms with E-state index in [-0.39, 0.29) is 24.4 Å². The van der Waals surface area contributed by atoms with E-state index in [0.29, 0.717) is 5.69 Å². The van der Waals surface area contributed by atoms with Crippen molar-refractivity contribution in [2.45, 2.75) is 13.0 Å². The Balaban J connectivity index is 0.00000176. The van der Waals surface area contributed by atoms with Gasteiger partial charge < -0.3 is 9.30 Å². The number of imidazole rings is 1. The molecule has 5 heteroatoms. The van der Waals surface area contributed by atoms with Crippen molar-refractivity contribution < 1.29 is 9.53 Å². The Morgan fingerprint density at radius 1 is 1.18 bits per heavy atom. The summed E-state index contributed by atoms with van der Waals surface area (Å²) in [4.78, 5) is 15.9. The number of esters is 1. The molecule has 1 atom stereocenters. The van der Waals surface area contributed by atoms with Crippen molar-refractivity contribution in [1.82, 2.24) is 9.55 Å². The molecule has 0 aliphatic heterocycles. The number of hydrogen-bond acceptors (Lipinski definition) is 3. The van der Waals surface area contributed by atoms with Crippen LogP contribution in [-0.4, -0.2) is 22.6 Å².